The Morgan fingerprint density at radius 3 is 2.69 bits per heavy atom. The molecule has 1 heterocycles. The fraction of sp³-hybridized carbons (Fsp3) is 0.917. The lowest BCUT2D eigenvalue weighted by Gasteiger charge is -2.36. The average molecular weight is 227 g/mol. The first-order chi connectivity index (χ1) is 7.57. The first kappa shape index (κ1) is 11.9. The summed E-state index contributed by atoms with van der Waals surface area (Å²) in [5.74, 6) is -0.0242. The third kappa shape index (κ3) is 2.23. The zero-order chi connectivity index (χ0) is 11.8. The second kappa shape index (κ2) is 4.34. The van der Waals surface area contributed by atoms with Crippen LogP contribution >= 0.6 is 0 Å². The smallest absolute Gasteiger partial charge is 0.225 e. The molecule has 1 saturated carbocycles. The van der Waals surface area contributed by atoms with Crippen molar-refractivity contribution in [1.29, 1.82) is 0 Å². The molecule has 0 bridgehead atoms. The number of rotatable bonds is 3. The van der Waals surface area contributed by atoms with Crippen LogP contribution in [0.1, 0.15) is 39.0 Å². The van der Waals surface area contributed by atoms with Gasteiger partial charge in [0.05, 0.1) is 18.6 Å². The van der Waals surface area contributed by atoms with Crippen LogP contribution in [0.25, 0.3) is 0 Å². The summed E-state index contributed by atoms with van der Waals surface area (Å²) in [4.78, 5) is 13.5. The van der Waals surface area contributed by atoms with E-state index < -0.39 is 6.10 Å². The van der Waals surface area contributed by atoms with Gasteiger partial charge in [-0.15, -0.1) is 0 Å². The van der Waals surface area contributed by atoms with E-state index in [2.05, 4.69) is 0 Å². The Labute approximate surface area is 96.3 Å². The Bertz CT molecular complexity index is 275. The van der Waals surface area contributed by atoms with Crippen molar-refractivity contribution in [2.24, 2.45) is 5.41 Å². The summed E-state index contributed by atoms with van der Waals surface area (Å²) in [5, 5.41) is 19.4. The molecule has 2 fully saturated rings. The second-order valence-corrected chi connectivity index (χ2v) is 5.23. The van der Waals surface area contributed by atoms with Crippen molar-refractivity contribution in [3.05, 3.63) is 0 Å². The molecule has 92 valence electrons. The molecule has 0 unspecified atom stereocenters. The van der Waals surface area contributed by atoms with Crippen molar-refractivity contribution in [2.45, 2.75) is 51.2 Å². The first-order valence-corrected chi connectivity index (χ1v) is 6.21. The Morgan fingerprint density at radius 2 is 2.19 bits per heavy atom. The summed E-state index contributed by atoms with van der Waals surface area (Å²) in [6.07, 6.45) is 3.02. The number of carbonyl (C=O) groups excluding carboxylic acids is 1. The fourth-order valence-corrected chi connectivity index (χ4v) is 2.46. The molecule has 2 atom stereocenters. The standard InChI is InChI=1S/C12H21NO3/c1-2-9(14)7-11(16)13-6-5-12(3-4-12)10(15)8-13/h9-10,14-15H,2-8H2,1H3/t9-,10+/m0/s1. The molecule has 0 aromatic heterocycles. The number of hydrogen-bond acceptors (Lipinski definition) is 3. The SMILES string of the molecule is CC[C@H](O)CC(=O)N1CCC2(CC2)[C@H](O)C1. The number of carbonyl (C=O) groups is 1. The van der Waals surface area contributed by atoms with Gasteiger partial charge in [-0.25, -0.2) is 0 Å². The second-order valence-electron chi connectivity index (χ2n) is 5.23. The highest BCUT2D eigenvalue weighted by Crippen LogP contribution is 2.53. The number of β-amino-alcohol motifs (C(OH)–C–C–N with tert-alkyl or cyclic N) is 1. The van der Waals surface area contributed by atoms with Gasteiger partial charge in [-0.05, 0) is 31.1 Å². The molecule has 2 N–H and O–H groups in total. The highest BCUT2D eigenvalue weighted by atomic mass is 16.3. The Balaban J connectivity index is 1.84. The predicted molar refractivity (Wildman–Crippen MR) is 59.8 cm³/mol. The van der Waals surface area contributed by atoms with Crippen LogP contribution in [0.3, 0.4) is 0 Å². The van der Waals surface area contributed by atoms with Gasteiger partial charge in [0, 0.05) is 13.1 Å². The third-order valence-electron chi connectivity index (χ3n) is 4.11. The van der Waals surface area contributed by atoms with Gasteiger partial charge in [-0.3, -0.25) is 4.79 Å². The monoisotopic (exact) mass is 227 g/mol. The molecular weight excluding hydrogens is 206 g/mol. The number of aliphatic hydroxyl groups excluding tert-OH is 2. The number of aliphatic hydroxyl groups is 2. The minimum atomic E-state index is -0.540. The quantitative estimate of drug-likeness (QED) is 0.739. The average Bonchev–Trinajstić information content (AvgIpc) is 3.03. The molecule has 0 aromatic carbocycles. The van der Waals surface area contributed by atoms with Crippen LogP contribution in [0, 0.1) is 5.41 Å². The molecule has 0 radical (unpaired) electrons. The summed E-state index contributed by atoms with van der Waals surface area (Å²) >= 11 is 0. The first-order valence-electron chi connectivity index (χ1n) is 6.21. The van der Waals surface area contributed by atoms with Gasteiger partial charge in [-0.1, -0.05) is 6.92 Å². The van der Waals surface area contributed by atoms with Gasteiger partial charge in [0.2, 0.25) is 5.91 Å². The van der Waals surface area contributed by atoms with E-state index in [1.807, 2.05) is 6.92 Å². The Morgan fingerprint density at radius 1 is 1.50 bits per heavy atom. The van der Waals surface area contributed by atoms with Gasteiger partial charge >= 0.3 is 0 Å². The summed E-state index contributed by atoms with van der Waals surface area (Å²) in [7, 11) is 0. The van der Waals surface area contributed by atoms with Gasteiger partial charge in [0.15, 0.2) is 0 Å². The molecule has 1 amide bonds. The maximum Gasteiger partial charge on any atom is 0.225 e. The van der Waals surface area contributed by atoms with Crippen LogP contribution in [0.15, 0.2) is 0 Å². The van der Waals surface area contributed by atoms with Gasteiger partial charge in [0.1, 0.15) is 0 Å². The number of piperidine rings is 1. The highest BCUT2D eigenvalue weighted by molar-refractivity contribution is 5.76. The highest BCUT2D eigenvalue weighted by Gasteiger charge is 2.51. The predicted octanol–water partition coefficient (Wildman–Crippen LogP) is 0.521. The van der Waals surface area contributed by atoms with E-state index in [4.69, 9.17) is 0 Å². The van der Waals surface area contributed by atoms with E-state index >= 15 is 0 Å². The van der Waals surface area contributed by atoms with Crippen molar-refractivity contribution in [3.8, 4) is 0 Å². The van der Waals surface area contributed by atoms with E-state index in [1.54, 1.807) is 4.90 Å². The lowest BCUT2D eigenvalue weighted by molar-refractivity contribution is -0.138. The molecule has 4 nitrogen and oxygen atoms in total. The van der Waals surface area contributed by atoms with Crippen molar-refractivity contribution in [1.82, 2.24) is 4.90 Å². The lowest BCUT2D eigenvalue weighted by atomic mass is 9.90. The zero-order valence-corrected chi connectivity index (χ0v) is 9.85. The maximum atomic E-state index is 11.8. The fourth-order valence-electron chi connectivity index (χ4n) is 2.46. The van der Waals surface area contributed by atoms with Crippen molar-refractivity contribution in [2.75, 3.05) is 13.1 Å². The van der Waals surface area contributed by atoms with Crippen LogP contribution in [0.4, 0.5) is 0 Å². The van der Waals surface area contributed by atoms with Crippen molar-refractivity contribution in [3.63, 3.8) is 0 Å². The van der Waals surface area contributed by atoms with Crippen LogP contribution < -0.4 is 0 Å². The molecule has 1 saturated heterocycles. The van der Waals surface area contributed by atoms with Crippen LogP contribution in [0.5, 0.6) is 0 Å². The molecular formula is C12H21NO3. The van der Waals surface area contributed by atoms with E-state index in [1.165, 1.54) is 0 Å². The van der Waals surface area contributed by atoms with E-state index in [0.29, 0.717) is 13.0 Å². The molecule has 1 aliphatic carbocycles. The normalized spacial score (nSPS) is 29.2. The minimum Gasteiger partial charge on any atom is -0.393 e. The van der Waals surface area contributed by atoms with E-state index in [-0.39, 0.29) is 23.8 Å². The van der Waals surface area contributed by atoms with Gasteiger partial charge in [-0.2, -0.15) is 0 Å². The lowest BCUT2D eigenvalue weighted by Crippen LogP contribution is -2.48. The number of likely N-dealkylation sites (tertiary alicyclic amines) is 1. The van der Waals surface area contributed by atoms with Gasteiger partial charge < -0.3 is 15.1 Å². The van der Waals surface area contributed by atoms with E-state index in [0.717, 1.165) is 25.8 Å². The van der Waals surface area contributed by atoms with Crippen molar-refractivity contribution < 1.29 is 15.0 Å². The number of hydrogen-bond donors (Lipinski definition) is 2. The summed E-state index contributed by atoms with van der Waals surface area (Å²) in [6, 6.07) is 0. The van der Waals surface area contributed by atoms with E-state index in [9.17, 15) is 15.0 Å². The molecule has 16 heavy (non-hydrogen) atoms. The Hall–Kier alpha value is -0.610. The van der Waals surface area contributed by atoms with Crippen LogP contribution in [0.2, 0.25) is 0 Å². The summed E-state index contributed by atoms with van der Waals surface area (Å²) in [5.41, 5.74) is 0.139. The molecule has 4 heteroatoms. The molecule has 0 aromatic rings. The molecule has 2 aliphatic rings. The van der Waals surface area contributed by atoms with Crippen LogP contribution in [-0.2, 0) is 4.79 Å². The molecule has 1 spiro atoms. The largest absolute Gasteiger partial charge is 0.393 e. The topological polar surface area (TPSA) is 60.8 Å². The zero-order valence-electron chi connectivity index (χ0n) is 9.85. The summed E-state index contributed by atoms with van der Waals surface area (Å²) < 4.78 is 0. The maximum absolute atomic E-state index is 11.8. The third-order valence-corrected chi connectivity index (χ3v) is 4.11. The molecule has 2 rings (SSSR count). The molecule has 1 aliphatic heterocycles. The Kier molecular flexibility index (Phi) is 3.22. The van der Waals surface area contributed by atoms with Crippen LogP contribution in [-0.4, -0.2) is 46.3 Å². The minimum absolute atomic E-state index is 0.0242. The summed E-state index contributed by atoms with van der Waals surface area (Å²) in [6.45, 7) is 3.06. The van der Waals surface area contributed by atoms with Crippen molar-refractivity contribution >= 4 is 5.91 Å². The number of nitrogens with zero attached hydrogens (tertiary/aromatic N) is 1. The number of amides is 1. The van der Waals surface area contributed by atoms with Gasteiger partial charge in [0.25, 0.3) is 0 Å².